The lowest BCUT2D eigenvalue weighted by molar-refractivity contribution is -0.124. The van der Waals surface area contributed by atoms with Crippen molar-refractivity contribution in [3.05, 3.63) is 42.1 Å². The minimum absolute atomic E-state index is 0.00807. The smallest absolute Gasteiger partial charge is 0.343 e. The number of hydrogen-bond donors (Lipinski definition) is 0. The van der Waals surface area contributed by atoms with Crippen LogP contribution in [0.3, 0.4) is 0 Å². The number of rotatable bonds is 6. The SMILES string of the molecule is CCOC(=O)c1cn(-c2ccccc2)nc1N(C(=O)C1CCC(C)CC1)C1CCCC1. The van der Waals surface area contributed by atoms with Crippen molar-refractivity contribution in [3.63, 3.8) is 0 Å². The fourth-order valence-electron chi connectivity index (χ4n) is 4.93. The number of para-hydroxylation sites is 1. The summed E-state index contributed by atoms with van der Waals surface area (Å²) in [4.78, 5) is 28.5. The van der Waals surface area contributed by atoms with E-state index in [0.717, 1.165) is 57.1 Å². The molecule has 0 saturated heterocycles. The third-order valence-electron chi connectivity index (χ3n) is 6.73. The van der Waals surface area contributed by atoms with Gasteiger partial charge in [-0.05, 0) is 63.5 Å². The molecule has 0 bridgehead atoms. The molecule has 0 radical (unpaired) electrons. The van der Waals surface area contributed by atoms with Crippen molar-refractivity contribution in [2.24, 2.45) is 11.8 Å². The second-order valence-corrected chi connectivity index (χ2v) is 8.97. The van der Waals surface area contributed by atoms with E-state index >= 15 is 0 Å². The number of nitrogens with zero attached hydrogens (tertiary/aromatic N) is 3. The van der Waals surface area contributed by atoms with E-state index in [2.05, 4.69) is 6.92 Å². The lowest BCUT2D eigenvalue weighted by atomic mass is 9.82. The van der Waals surface area contributed by atoms with E-state index in [1.807, 2.05) is 35.2 Å². The highest BCUT2D eigenvalue weighted by molar-refractivity contribution is 6.02. The zero-order valence-corrected chi connectivity index (χ0v) is 18.6. The Morgan fingerprint density at radius 2 is 1.74 bits per heavy atom. The lowest BCUT2D eigenvalue weighted by Gasteiger charge is -2.34. The molecule has 6 heteroatoms. The van der Waals surface area contributed by atoms with Gasteiger partial charge in [-0.1, -0.05) is 38.0 Å². The van der Waals surface area contributed by atoms with Crippen molar-refractivity contribution in [2.45, 2.75) is 71.3 Å². The Balaban J connectivity index is 1.74. The molecule has 166 valence electrons. The van der Waals surface area contributed by atoms with E-state index in [1.165, 1.54) is 0 Å². The predicted molar refractivity (Wildman–Crippen MR) is 120 cm³/mol. The topological polar surface area (TPSA) is 64.4 Å². The Morgan fingerprint density at radius 1 is 1.06 bits per heavy atom. The second-order valence-electron chi connectivity index (χ2n) is 8.97. The van der Waals surface area contributed by atoms with Crippen LogP contribution in [0.4, 0.5) is 5.82 Å². The van der Waals surface area contributed by atoms with Gasteiger partial charge in [0.05, 0.1) is 12.3 Å². The second kappa shape index (κ2) is 9.67. The van der Waals surface area contributed by atoms with Crippen LogP contribution in [0, 0.1) is 11.8 Å². The summed E-state index contributed by atoms with van der Waals surface area (Å²) in [7, 11) is 0. The number of carbonyl (C=O) groups is 2. The van der Waals surface area contributed by atoms with Gasteiger partial charge in [-0.25, -0.2) is 9.48 Å². The molecule has 0 unspecified atom stereocenters. The molecule has 0 aliphatic heterocycles. The first-order valence-corrected chi connectivity index (χ1v) is 11.7. The van der Waals surface area contributed by atoms with E-state index in [0.29, 0.717) is 17.3 Å². The number of benzene rings is 1. The van der Waals surface area contributed by atoms with Crippen molar-refractivity contribution < 1.29 is 14.3 Å². The molecule has 0 spiro atoms. The van der Waals surface area contributed by atoms with E-state index in [-0.39, 0.29) is 24.5 Å². The van der Waals surface area contributed by atoms with Crippen LogP contribution >= 0.6 is 0 Å². The predicted octanol–water partition coefficient (Wildman–Crippen LogP) is 5.15. The van der Waals surface area contributed by atoms with Crippen LogP contribution in [0.25, 0.3) is 5.69 Å². The Hall–Kier alpha value is -2.63. The van der Waals surface area contributed by atoms with Crippen LogP contribution < -0.4 is 4.90 Å². The molecular weight excluding hydrogens is 390 g/mol. The fourth-order valence-corrected chi connectivity index (χ4v) is 4.93. The monoisotopic (exact) mass is 423 g/mol. The van der Waals surface area contributed by atoms with Crippen molar-refractivity contribution in [2.75, 3.05) is 11.5 Å². The van der Waals surface area contributed by atoms with Crippen LogP contribution in [-0.2, 0) is 9.53 Å². The molecular formula is C25H33N3O3. The Labute approximate surface area is 184 Å². The Bertz CT molecular complexity index is 894. The van der Waals surface area contributed by atoms with Gasteiger partial charge in [0.15, 0.2) is 5.82 Å². The summed E-state index contributed by atoms with van der Waals surface area (Å²) in [6.07, 6.45) is 9.81. The largest absolute Gasteiger partial charge is 0.462 e. The number of esters is 1. The molecule has 1 amide bonds. The fraction of sp³-hybridized carbons (Fsp3) is 0.560. The molecule has 31 heavy (non-hydrogen) atoms. The van der Waals surface area contributed by atoms with Crippen molar-refractivity contribution in [1.29, 1.82) is 0 Å². The highest BCUT2D eigenvalue weighted by Crippen LogP contribution is 2.36. The van der Waals surface area contributed by atoms with Crippen molar-refractivity contribution in [1.82, 2.24) is 9.78 Å². The average Bonchev–Trinajstić information content (AvgIpc) is 3.46. The van der Waals surface area contributed by atoms with Gasteiger partial charge in [-0.15, -0.1) is 5.10 Å². The number of hydrogen-bond acceptors (Lipinski definition) is 4. The van der Waals surface area contributed by atoms with E-state index in [4.69, 9.17) is 9.84 Å². The average molecular weight is 424 g/mol. The van der Waals surface area contributed by atoms with Gasteiger partial charge in [-0.3, -0.25) is 9.69 Å². The number of amides is 1. The number of aromatic nitrogens is 2. The van der Waals surface area contributed by atoms with Crippen LogP contribution in [-0.4, -0.2) is 34.3 Å². The van der Waals surface area contributed by atoms with Crippen molar-refractivity contribution >= 4 is 17.7 Å². The molecule has 0 N–H and O–H groups in total. The summed E-state index contributed by atoms with van der Waals surface area (Å²) in [6, 6.07) is 9.79. The zero-order valence-electron chi connectivity index (χ0n) is 18.6. The molecule has 4 rings (SSSR count). The quantitative estimate of drug-likeness (QED) is 0.603. The van der Waals surface area contributed by atoms with Crippen LogP contribution in [0.5, 0.6) is 0 Å². The van der Waals surface area contributed by atoms with E-state index < -0.39 is 5.97 Å². The van der Waals surface area contributed by atoms with Crippen molar-refractivity contribution in [3.8, 4) is 5.69 Å². The third-order valence-corrected chi connectivity index (χ3v) is 6.73. The number of anilines is 1. The molecule has 2 aliphatic rings. The highest BCUT2D eigenvalue weighted by Gasteiger charge is 2.38. The lowest BCUT2D eigenvalue weighted by Crippen LogP contribution is -2.44. The van der Waals surface area contributed by atoms with Crippen LogP contribution in [0.1, 0.15) is 75.6 Å². The molecule has 1 aromatic heterocycles. The molecule has 2 aliphatic carbocycles. The van der Waals surface area contributed by atoms with Gasteiger partial charge in [0.25, 0.3) is 0 Å². The molecule has 1 heterocycles. The first-order chi connectivity index (χ1) is 15.1. The number of carbonyl (C=O) groups excluding carboxylic acids is 2. The summed E-state index contributed by atoms with van der Waals surface area (Å²) in [6.45, 7) is 4.34. The standard InChI is InChI=1S/C25H33N3O3/c1-3-31-25(30)22-17-27(20-9-5-4-6-10-20)26-23(22)28(21-11-7-8-12-21)24(29)19-15-13-18(2)14-16-19/h4-6,9-10,17-19,21H,3,7-8,11-16H2,1-2H3. The van der Waals surface area contributed by atoms with E-state index in [9.17, 15) is 9.59 Å². The summed E-state index contributed by atoms with van der Waals surface area (Å²) in [5.41, 5.74) is 1.22. The highest BCUT2D eigenvalue weighted by atomic mass is 16.5. The summed E-state index contributed by atoms with van der Waals surface area (Å²) < 4.78 is 7.03. The first-order valence-electron chi connectivity index (χ1n) is 11.7. The molecule has 2 aromatic rings. The van der Waals surface area contributed by atoms with Crippen LogP contribution in [0.2, 0.25) is 0 Å². The minimum Gasteiger partial charge on any atom is -0.462 e. The Morgan fingerprint density at radius 3 is 2.39 bits per heavy atom. The molecule has 0 atom stereocenters. The molecule has 1 aromatic carbocycles. The van der Waals surface area contributed by atoms with Gasteiger partial charge >= 0.3 is 5.97 Å². The summed E-state index contributed by atoms with van der Waals surface area (Å²) in [5, 5.41) is 4.78. The van der Waals surface area contributed by atoms with Gasteiger partial charge in [0, 0.05) is 18.2 Å². The minimum atomic E-state index is -0.423. The molecule has 2 saturated carbocycles. The van der Waals surface area contributed by atoms with Gasteiger partial charge in [0.2, 0.25) is 5.91 Å². The van der Waals surface area contributed by atoms with Crippen LogP contribution in [0.15, 0.2) is 36.5 Å². The normalized spacial score (nSPS) is 21.7. The maximum atomic E-state index is 13.8. The summed E-state index contributed by atoms with van der Waals surface area (Å²) >= 11 is 0. The first kappa shape index (κ1) is 21.6. The van der Waals surface area contributed by atoms with Gasteiger partial charge in [0.1, 0.15) is 5.56 Å². The Kier molecular flexibility index (Phi) is 6.73. The zero-order chi connectivity index (χ0) is 21.8. The summed E-state index contributed by atoms with van der Waals surface area (Å²) in [5.74, 6) is 0.846. The van der Waals surface area contributed by atoms with Gasteiger partial charge < -0.3 is 4.74 Å². The van der Waals surface area contributed by atoms with E-state index in [1.54, 1.807) is 17.8 Å². The maximum Gasteiger partial charge on any atom is 0.343 e. The number of ether oxygens (including phenoxy) is 1. The molecule has 2 fully saturated rings. The maximum absolute atomic E-state index is 13.8. The van der Waals surface area contributed by atoms with Gasteiger partial charge in [-0.2, -0.15) is 0 Å². The molecule has 6 nitrogen and oxygen atoms in total. The third kappa shape index (κ3) is 4.68.